The summed E-state index contributed by atoms with van der Waals surface area (Å²) in [5.41, 5.74) is 3.29. The molecule has 3 aromatic rings. The second-order valence-electron chi connectivity index (χ2n) is 5.18. The van der Waals surface area contributed by atoms with Crippen molar-refractivity contribution in [1.29, 1.82) is 0 Å². The first-order chi connectivity index (χ1) is 11.6. The maximum Gasteiger partial charge on any atom is 0.337 e. The van der Waals surface area contributed by atoms with Crippen LogP contribution in [0.1, 0.15) is 21.6 Å². The van der Waals surface area contributed by atoms with Gasteiger partial charge in [-0.25, -0.2) is 4.79 Å². The highest BCUT2D eigenvalue weighted by atomic mass is 79.9. The van der Waals surface area contributed by atoms with Crippen LogP contribution in [0.25, 0.3) is 23.3 Å². The summed E-state index contributed by atoms with van der Waals surface area (Å²) in [6.07, 6.45) is 5.26. The van der Waals surface area contributed by atoms with E-state index in [1.165, 1.54) is 0 Å². The van der Waals surface area contributed by atoms with Crippen molar-refractivity contribution < 1.29 is 9.90 Å². The molecule has 0 aliphatic carbocycles. The normalized spacial score (nSPS) is 10.4. The first kappa shape index (κ1) is 18.9. The predicted molar refractivity (Wildman–Crippen MR) is 107 cm³/mol. The van der Waals surface area contributed by atoms with E-state index in [1.54, 1.807) is 18.3 Å². The molecule has 0 radical (unpaired) electrons. The minimum absolute atomic E-state index is 0. The van der Waals surface area contributed by atoms with Crippen molar-refractivity contribution in [2.75, 3.05) is 0 Å². The third-order valence-electron chi connectivity index (χ3n) is 3.58. The molecule has 5 heteroatoms. The molecule has 1 heterocycles. The Morgan fingerprint density at radius 2 is 1.64 bits per heavy atom. The number of halogens is 2. The smallest absolute Gasteiger partial charge is 0.337 e. The first-order valence-electron chi connectivity index (χ1n) is 7.36. The van der Waals surface area contributed by atoms with E-state index in [2.05, 4.69) is 20.9 Å². The molecule has 0 aliphatic rings. The fraction of sp³-hybridized carbons (Fsp3) is 0. The van der Waals surface area contributed by atoms with Gasteiger partial charge < -0.3 is 5.11 Å². The molecule has 0 aliphatic heterocycles. The molecule has 25 heavy (non-hydrogen) atoms. The summed E-state index contributed by atoms with van der Waals surface area (Å²) in [4.78, 5) is 15.9. The molecule has 0 bridgehead atoms. The van der Waals surface area contributed by atoms with Gasteiger partial charge in [0.25, 0.3) is 0 Å². The number of carboxylic acids is 1. The van der Waals surface area contributed by atoms with Crippen molar-refractivity contribution in [3.8, 4) is 11.1 Å². The van der Waals surface area contributed by atoms with Gasteiger partial charge in [0, 0.05) is 16.2 Å². The number of rotatable bonds is 4. The highest BCUT2D eigenvalue weighted by Gasteiger charge is 2.11. The number of hydrogen-bond donors (Lipinski definition) is 1. The van der Waals surface area contributed by atoms with E-state index < -0.39 is 5.97 Å². The second-order valence-corrected chi connectivity index (χ2v) is 6.04. The zero-order chi connectivity index (χ0) is 16.9. The van der Waals surface area contributed by atoms with Gasteiger partial charge in [-0.15, -0.1) is 12.4 Å². The number of pyridine rings is 1. The Morgan fingerprint density at radius 3 is 2.32 bits per heavy atom. The van der Waals surface area contributed by atoms with Crippen LogP contribution in [-0.2, 0) is 0 Å². The molecular weight excluding hydrogens is 402 g/mol. The van der Waals surface area contributed by atoms with Crippen LogP contribution in [-0.4, -0.2) is 16.1 Å². The lowest BCUT2D eigenvalue weighted by molar-refractivity contribution is 0.0696. The number of aromatic nitrogens is 1. The molecule has 0 fully saturated rings. The minimum Gasteiger partial charge on any atom is -0.478 e. The average Bonchev–Trinajstić information content (AvgIpc) is 2.61. The molecule has 126 valence electrons. The SMILES string of the molecule is Cl.O=C(O)c1cc(-c2ccccc2)cnc1/C=C/c1ccccc1Br. The lowest BCUT2D eigenvalue weighted by Crippen LogP contribution is -2.02. The zero-order valence-corrected chi connectivity index (χ0v) is 15.5. The van der Waals surface area contributed by atoms with E-state index in [4.69, 9.17) is 0 Å². The second kappa shape index (κ2) is 8.60. The van der Waals surface area contributed by atoms with Gasteiger partial charge in [-0.2, -0.15) is 0 Å². The topological polar surface area (TPSA) is 50.2 Å². The number of nitrogens with zero attached hydrogens (tertiary/aromatic N) is 1. The molecule has 1 aromatic heterocycles. The van der Waals surface area contributed by atoms with Crippen molar-refractivity contribution in [1.82, 2.24) is 4.98 Å². The van der Waals surface area contributed by atoms with Gasteiger partial charge in [-0.05, 0) is 29.3 Å². The van der Waals surface area contributed by atoms with Gasteiger partial charge in [-0.3, -0.25) is 4.98 Å². The molecule has 1 N–H and O–H groups in total. The Morgan fingerprint density at radius 1 is 0.960 bits per heavy atom. The average molecular weight is 417 g/mol. The predicted octanol–water partition coefficient (Wildman–Crippen LogP) is 5.80. The first-order valence-corrected chi connectivity index (χ1v) is 8.16. The van der Waals surface area contributed by atoms with E-state index in [9.17, 15) is 9.90 Å². The molecule has 0 spiro atoms. The molecule has 0 amide bonds. The Labute approximate surface area is 160 Å². The Kier molecular flexibility index (Phi) is 6.51. The van der Waals surface area contributed by atoms with Crippen LogP contribution in [0.3, 0.4) is 0 Å². The van der Waals surface area contributed by atoms with Gasteiger partial charge in [0.2, 0.25) is 0 Å². The van der Waals surface area contributed by atoms with Crippen LogP contribution in [0.5, 0.6) is 0 Å². The largest absolute Gasteiger partial charge is 0.478 e. The Hall–Kier alpha value is -2.43. The van der Waals surface area contributed by atoms with Crippen LogP contribution >= 0.6 is 28.3 Å². The number of benzene rings is 2. The highest BCUT2D eigenvalue weighted by Crippen LogP contribution is 2.23. The van der Waals surface area contributed by atoms with Crippen molar-refractivity contribution >= 4 is 46.5 Å². The van der Waals surface area contributed by atoms with Crippen molar-refractivity contribution in [3.63, 3.8) is 0 Å². The minimum atomic E-state index is -0.993. The fourth-order valence-corrected chi connectivity index (χ4v) is 2.76. The lowest BCUT2D eigenvalue weighted by Gasteiger charge is -2.06. The molecule has 0 saturated carbocycles. The van der Waals surface area contributed by atoms with E-state index in [0.717, 1.165) is 21.2 Å². The van der Waals surface area contributed by atoms with Crippen molar-refractivity contribution in [2.24, 2.45) is 0 Å². The van der Waals surface area contributed by atoms with Crippen LogP contribution in [0.4, 0.5) is 0 Å². The molecular formula is C20H15BrClNO2. The third kappa shape index (κ3) is 4.56. The Bertz CT molecular complexity index is 911. The maximum atomic E-state index is 11.6. The molecule has 2 aromatic carbocycles. The van der Waals surface area contributed by atoms with Gasteiger partial charge in [0.1, 0.15) is 0 Å². The standard InChI is InChI=1S/C20H14BrNO2.ClH/c21-18-9-5-4-8-15(18)10-11-19-17(20(23)24)12-16(13-22-19)14-6-2-1-3-7-14;/h1-13H,(H,23,24);1H/b11-10+;. The molecule has 3 nitrogen and oxygen atoms in total. The summed E-state index contributed by atoms with van der Waals surface area (Å²) < 4.78 is 0.944. The van der Waals surface area contributed by atoms with Gasteiger partial charge in [0.05, 0.1) is 11.3 Å². The van der Waals surface area contributed by atoms with Gasteiger partial charge in [-0.1, -0.05) is 70.5 Å². The molecule has 3 rings (SSSR count). The molecule has 0 unspecified atom stereocenters. The monoisotopic (exact) mass is 415 g/mol. The Balaban J connectivity index is 0.00000225. The van der Waals surface area contributed by atoms with Crippen LogP contribution in [0.2, 0.25) is 0 Å². The van der Waals surface area contributed by atoms with Gasteiger partial charge >= 0.3 is 5.97 Å². The lowest BCUT2D eigenvalue weighted by atomic mass is 10.0. The van der Waals surface area contributed by atoms with Crippen LogP contribution < -0.4 is 0 Å². The maximum absolute atomic E-state index is 11.6. The molecule has 0 atom stereocenters. The number of carbonyl (C=O) groups is 1. The number of hydrogen-bond acceptors (Lipinski definition) is 2. The number of carboxylic acid groups (broad SMARTS) is 1. The van der Waals surface area contributed by atoms with Crippen LogP contribution in [0, 0.1) is 0 Å². The van der Waals surface area contributed by atoms with Crippen molar-refractivity contribution in [3.05, 3.63) is 88.2 Å². The highest BCUT2D eigenvalue weighted by molar-refractivity contribution is 9.10. The summed E-state index contributed by atoms with van der Waals surface area (Å²) >= 11 is 3.47. The molecule has 0 saturated heterocycles. The summed E-state index contributed by atoms with van der Waals surface area (Å²) in [7, 11) is 0. The number of aromatic carboxylic acids is 1. The third-order valence-corrected chi connectivity index (χ3v) is 4.30. The van der Waals surface area contributed by atoms with Gasteiger partial charge in [0.15, 0.2) is 0 Å². The van der Waals surface area contributed by atoms with E-state index >= 15 is 0 Å². The van der Waals surface area contributed by atoms with Crippen molar-refractivity contribution in [2.45, 2.75) is 0 Å². The quantitative estimate of drug-likeness (QED) is 0.584. The summed E-state index contributed by atoms with van der Waals surface area (Å²) in [6, 6.07) is 19.0. The fourth-order valence-electron chi connectivity index (χ4n) is 2.35. The summed E-state index contributed by atoms with van der Waals surface area (Å²) in [5, 5.41) is 9.51. The summed E-state index contributed by atoms with van der Waals surface area (Å²) in [6.45, 7) is 0. The van der Waals surface area contributed by atoms with Crippen LogP contribution in [0.15, 0.2) is 71.3 Å². The van der Waals surface area contributed by atoms with E-state index in [-0.39, 0.29) is 18.0 Å². The zero-order valence-electron chi connectivity index (χ0n) is 13.1. The van der Waals surface area contributed by atoms with E-state index in [0.29, 0.717) is 5.69 Å². The van der Waals surface area contributed by atoms with E-state index in [1.807, 2.05) is 60.7 Å². The summed E-state index contributed by atoms with van der Waals surface area (Å²) in [5.74, 6) is -0.993.